The monoisotopic (exact) mass is 395 g/mol. The summed E-state index contributed by atoms with van der Waals surface area (Å²) in [6.07, 6.45) is 3.40. The molecule has 8 heteroatoms. The van der Waals surface area contributed by atoms with E-state index in [1.54, 1.807) is 13.0 Å². The maximum absolute atomic E-state index is 12.0. The standard InChI is InChI=1S/C21H21N3O5/c1-14-6-4-10-18(24(27)28)21(14)23-19(25)13-29-20(26)11-5-7-15-12-22-17-9-3-2-8-16(15)17/h2-4,6,8-10,12,22H,5,7,11,13H2,1H3,(H,23,25). The van der Waals surface area contributed by atoms with Gasteiger partial charge in [0.1, 0.15) is 5.69 Å². The van der Waals surface area contributed by atoms with Crippen molar-refractivity contribution in [1.82, 2.24) is 4.98 Å². The molecular formula is C21H21N3O5. The maximum Gasteiger partial charge on any atom is 0.306 e. The SMILES string of the molecule is Cc1cccc([N+](=O)[O-])c1NC(=O)COC(=O)CCCc1c[nH]c2ccccc12. The van der Waals surface area contributed by atoms with Gasteiger partial charge in [-0.25, -0.2) is 0 Å². The Bertz CT molecular complexity index is 1060. The van der Waals surface area contributed by atoms with Crippen LogP contribution in [-0.2, 0) is 20.7 Å². The van der Waals surface area contributed by atoms with Crippen molar-refractivity contribution in [3.8, 4) is 0 Å². The summed E-state index contributed by atoms with van der Waals surface area (Å²) in [5.41, 5.74) is 2.63. The van der Waals surface area contributed by atoms with Gasteiger partial charge in [-0.3, -0.25) is 19.7 Å². The fourth-order valence-electron chi connectivity index (χ4n) is 3.12. The highest BCUT2D eigenvalue weighted by molar-refractivity contribution is 5.95. The number of aromatic amines is 1. The summed E-state index contributed by atoms with van der Waals surface area (Å²) in [5.74, 6) is -1.10. The molecule has 0 aliphatic heterocycles. The number of esters is 1. The van der Waals surface area contributed by atoms with Crippen molar-refractivity contribution in [3.63, 3.8) is 0 Å². The number of ether oxygens (including phenoxy) is 1. The number of hydrogen-bond donors (Lipinski definition) is 2. The Labute approximate surface area is 167 Å². The Balaban J connectivity index is 1.46. The van der Waals surface area contributed by atoms with Crippen LogP contribution in [0.2, 0.25) is 0 Å². The second kappa shape index (κ2) is 9.01. The number of nitrogens with one attached hydrogen (secondary N) is 2. The summed E-state index contributed by atoms with van der Waals surface area (Å²) in [4.78, 5) is 37.7. The summed E-state index contributed by atoms with van der Waals surface area (Å²) < 4.78 is 4.99. The molecule has 0 spiro atoms. The van der Waals surface area contributed by atoms with Crippen LogP contribution in [0.4, 0.5) is 11.4 Å². The normalized spacial score (nSPS) is 10.7. The largest absolute Gasteiger partial charge is 0.456 e. The Kier molecular flexibility index (Phi) is 6.23. The number of aromatic nitrogens is 1. The molecule has 150 valence electrons. The number of carbonyl (C=O) groups is 2. The molecule has 0 fully saturated rings. The van der Waals surface area contributed by atoms with Gasteiger partial charge in [0.05, 0.1) is 4.92 Å². The molecule has 0 aliphatic rings. The van der Waals surface area contributed by atoms with Gasteiger partial charge in [0.25, 0.3) is 11.6 Å². The maximum atomic E-state index is 12.0. The predicted octanol–water partition coefficient (Wildman–Crippen LogP) is 3.89. The fraction of sp³-hybridized carbons (Fsp3) is 0.238. The van der Waals surface area contributed by atoms with Gasteiger partial charge in [0, 0.05) is 29.6 Å². The third-order valence-electron chi connectivity index (χ3n) is 4.58. The first-order valence-electron chi connectivity index (χ1n) is 9.20. The van der Waals surface area contributed by atoms with Crippen LogP contribution in [0.15, 0.2) is 48.7 Å². The van der Waals surface area contributed by atoms with Gasteiger partial charge in [-0.05, 0) is 37.0 Å². The minimum absolute atomic E-state index is 0.109. The van der Waals surface area contributed by atoms with E-state index in [-0.39, 0.29) is 17.8 Å². The van der Waals surface area contributed by atoms with Crippen LogP contribution in [0.5, 0.6) is 0 Å². The lowest BCUT2D eigenvalue weighted by molar-refractivity contribution is -0.384. The van der Waals surface area contributed by atoms with Crippen LogP contribution < -0.4 is 5.32 Å². The zero-order valence-electron chi connectivity index (χ0n) is 15.9. The Morgan fingerprint density at radius 1 is 1.17 bits per heavy atom. The van der Waals surface area contributed by atoms with Crippen LogP contribution in [-0.4, -0.2) is 28.4 Å². The van der Waals surface area contributed by atoms with Crippen LogP contribution in [0, 0.1) is 17.0 Å². The number of hydrogen-bond acceptors (Lipinski definition) is 5. The minimum Gasteiger partial charge on any atom is -0.456 e. The molecule has 1 amide bonds. The van der Waals surface area contributed by atoms with Crippen molar-refractivity contribution in [2.45, 2.75) is 26.2 Å². The number of carbonyl (C=O) groups excluding carboxylic acids is 2. The highest BCUT2D eigenvalue weighted by atomic mass is 16.6. The van der Waals surface area contributed by atoms with Gasteiger partial charge in [-0.1, -0.05) is 30.3 Å². The van der Waals surface area contributed by atoms with Crippen molar-refractivity contribution in [1.29, 1.82) is 0 Å². The molecule has 1 aromatic heterocycles. The lowest BCUT2D eigenvalue weighted by Gasteiger charge is -2.09. The van der Waals surface area contributed by atoms with E-state index in [1.165, 1.54) is 12.1 Å². The average Bonchev–Trinajstić information content (AvgIpc) is 3.11. The number of nitro groups is 1. The Morgan fingerprint density at radius 2 is 1.97 bits per heavy atom. The topological polar surface area (TPSA) is 114 Å². The Hall–Kier alpha value is -3.68. The first-order chi connectivity index (χ1) is 14.0. The van der Waals surface area contributed by atoms with Gasteiger partial charge in [0.2, 0.25) is 0 Å². The van der Waals surface area contributed by atoms with E-state index in [9.17, 15) is 19.7 Å². The van der Waals surface area contributed by atoms with Crippen molar-refractivity contribution in [3.05, 3.63) is 69.9 Å². The summed E-state index contributed by atoms with van der Waals surface area (Å²) in [5, 5.41) is 14.7. The summed E-state index contributed by atoms with van der Waals surface area (Å²) >= 11 is 0. The molecule has 3 aromatic rings. The molecule has 3 rings (SSSR count). The minimum atomic E-state index is -0.618. The molecule has 2 N–H and O–H groups in total. The fourth-order valence-corrected chi connectivity index (χ4v) is 3.12. The van der Waals surface area contributed by atoms with Crippen LogP contribution in [0.1, 0.15) is 24.0 Å². The van der Waals surface area contributed by atoms with Crippen LogP contribution in [0.3, 0.4) is 0 Å². The molecule has 8 nitrogen and oxygen atoms in total. The molecular weight excluding hydrogens is 374 g/mol. The third-order valence-corrected chi connectivity index (χ3v) is 4.58. The number of benzene rings is 2. The number of fused-ring (bicyclic) bond motifs is 1. The van der Waals surface area contributed by atoms with E-state index in [1.807, 2.05) is 30.5 Å². The van der Waals surface area contributed by atoms with E-state index in [0.717, 1.165) is 16.5 Å². The Morgan fingerprint density at radius 3 is 2.76 bits per heavy atom. The van der Waals surface area contributed by atoms with Gasteiger partial charge in [-0.2, -0.15) is 0 Å². The summed E-state index contributed by atoms with van der Waals surface area (Å²) in [6.45, 7) is 1.16. The number of anilines is 1. The van der Waals surface area contributed by atoms with Crippen molar-refractivity contribution >= 4 is 34.2 Å². The predicted molar refractivity (Wildman–Crippen MR) is 109 cm³/mol. The number of nitro benzene ring substituents is 1. The zero-order valence-corrected chi connectivity index (χ0v) is 15.9. The van der Waals surface area contributed by atoms with E-state index in [2.05, 4.69) is 10.3 Å². The molecule has 1 heterocycles. The van der Waals surface area contributed by atoms with E-state index >= 15 is 0 Å². The van der Waals surface area contributed by atoms with Crippen LogP contribution >= 0.6 is 0 Å². The molecule has 2 aromatic carbocycles. The van der Waals surface area contributed by atoms with E-state index in [4.69, 9.17) is 4.74 Å². The van der Waals surface area contributed by atoms with Gasteiger partial charge < -0.3 is 15.0 Å². The number of rotatable bonds is 8. The van der Waals surface area contributed by atoms with Crippen molar-refractivity contribution < 1.29 is 19.2 Å². The molecule has 29 heavy (non-hydrogen) atoms. The second-order valence-electron chi connectivity index (χ2n) is 6.65. The lowest BCUT2D eigenvalue weighted by atomic mass is 10.1. The first kappa shape index (κ1) is 20.1. The van der Waals surface area contributed by atoms with E-state index in [0.29, 0.717) is 18.4 Å². The number of H-pyrrole nitrogens is 1. The molecule has 0 radical (unpaired) electrons. The second-order valence-corrected chi connectivity index (χ2v) is 6.65. The van der Waals surface area contributed by atoms with Gasteiger partial charge in [-0.15, -0.1) is 0 Å². The van der Waals surface area contributed by atoms with Crippen LogP contribution in [0.25, 0.3) is 10.9 Å². The lowest BCUT2D eigenvalue weighted by Crippen LogP contribution is -2.21. The number of para-hydroxylation sites is 2. The van der Waals surface area contributed by atoms with Gasteiger partial charge >= 0.3 is 5.97 Å². The first-order valence-corrected chi connectivity index (χ1v) is 9.20. The highest BCUT2D eigenvalue weighted by Gasteiger charge is 2.18. The smallest absolute Gasteiger partial charge is 0.306 e. The summed E-state index contributed by atoms with van der Waals surface area (Å²) in [7, 11) is 0. The number of amides is 1. The molecule has 0 bridgehead atoms. The molecule has 0 saturated heterocycles. The number of aryl methyl sites for hydroxylation is 2. The van der Waals surface area contributed by atoms with Gasteiger partial charge in [0.15, 0.2) is 6.61 Å². The summed E-state index contributed by atoms with van der Waals surface area (Å²) in [6, 6.07) is 12.4. The molecule has 0 aliphatic carbocycles. The quantitative estimate of drug-likeness (QED) is 0.341. The highest BCUT2D eigenvalue weighted by Crippen LogP contribution is 2.27. The van der Waals surface area contributed by atoms with Crippen molar-refractivity contribution in [2.75, 3.05) is 11.9 Å². The molecule has 0 saturated carbocycles. The molecule has 0 unspecified atom stereocenters. The third kappa shape index (κ3) is 4.98. The average molecular weight is 395 g/mol. The number of nitrogens with zero attached hydrogens (tertiary/aromatic N) is 1. The molecule has 0 atom stereocenters. The van der Waals surface area contributed by atoms with Crippen molar-refractivity contribution in [2.24, 2.45) is 0 Å². The van der Waals surface area contributed by atoms with E-state index < -0.39 is 23.4 Å². The zero-order chi connectivity index (χ0) is 20.8.